The third kappa shape index (κ3) is 2.52. The Morgan fingerprint density at radius 3 is 2.53 bits per heavy atom. The summed E-state index contributed by atoms with van der Waals surface area (Å²) in [5, 5.41) is -0.846. The number of nitrogens with two attached hydrogens (primary N) is 1. The lowest BCUT2D eigenvalue weighted by Crippen LogP contribution is -2.44. The largest absolute Gasteiger partial charge is 0.377 e. The fourth-order valence-corrected chi connectivity index (χ4v) is 4.26. The summed E-state index contributed by atoms with van der Waals surface area (Å²) in [7, 11) is -3.15. The van der Waals surface area contributed by atoms with Crippen molar-refractivity contribution >= 4 is 9.84 Å². The van der Waals surface area contributed by atoms with Crippen LogP contribution in [0, 0.1) is 0 Å². The van der Waals surface area contributed by atoms with Crippen molar-refractivity contribution in [3.05, 3.63) is 0 Å². The highest BCUT2D eigenvalue weighted by Crippen LogP contribution is 2.25. The van der Waals surface area contributed by atoms with E-state index in [0.717, 1.165) is 0 Å². The van der Waals surface area contributed by atoms with E-state index in [0.29, 0.717) is 19.4 Å². The molecule has 1 heterocycles. The van der Waals surface area contributed by atoms with Gasteiger partial charge < -0.3 is 10.5 Å². The Balaban J connectivity index is 2.82. The van der Waals surface area contributed by atoms with E-state index in [1.54, 1.807) is 6.92 Å². The molecule has 0 aromatic heterocycles. The van der Waals surface area contributed by atoms with Crippen molar-refractivity contribution in [3.8, 4) is 0 Å². The summed E-state index contributed by atoms with van der Waals surface area (Å²) in [4.78, 5) is 0. The lowest BCUT2D eigenvalue weighted by Gasteiger charge is -2.24. The lowest BCUT2D eigenvalue weighted by atomic mass is 10.2. The number of rotatable bonds is 4. The van der Waals surface area contributed by atoms with Crippen LogP contribution in [0.25, 0.3) is 0 Å². The zero-order valence-corrected chi connectivity index (χ0v) is 10.5. The molecule has 0 spiro atoms. The Morgan fingerprint density at radius 2 is 2.13 bits per heavy atom. The highest BCUT2D eigenvalue weighted by Gasteiger charge is 2.40. The number of sulfone groups is 1. The van der Waals surface area contributed by atoms with Gasteiger partial charge in [0.1, 0.15) is 0 Å². The maximum absolute atomic E-state index is 12.2. The first-order valence-electron chi connectivity index (χ1n) is 5.51. The maximum Gasteiger partial charge on any atom is 0.159 e. The Labute approximate surface area is 92.1 Å². The predicted molar refractivity (Wildman–Crippen MR) is 60.5 cm³/mol. The molecule has 4 unspecified atom stereocenters. The van der Waals surface area contributed by atoms with Gasteiger partial charge in [-0.3, -0.25) is 0 Å². The first-order chi connectivity index (χ1) is 6.91. The van der Waals surface area contributed by atoms with Crippen LogP contribution in [0.1, 0.15) is 33.6 Å². The first kappa shape index (κ1) is 12.9. The molecule has 0 radical (unpaired) electrons. The van der Waals surface area contributed by atoms with Crippen molar-refractivity contribution in [2.45, 2.75) is 56.3 Å². The Bertz CT molecular complexity index is 302. The monoisotopic (exact) mass is 235 g/mol. The van der Waals surface area contributed by atoms with E-state index < -0.39 is 15.1 Å². The number of hydrogen-bond acceptors (Lipinski definition) is 4. The van der Waals surface area contributed by atoms with Crippen LogP contribution >= 0.6 is 0 Å². The maximum atomic E-state index is 12.2. The second-order valence-corrected chi connectivity index (χ2v) is 6.80. The second kappa shape index (κ2) is 4.80. The molecule has 1 aliphatic heterocycles. The number of ether oxygens (including phenoxy) is 1. The van der Waals surface area contributed by atoms with Crippen molar-refractivity contribution in [3.63, 3.8) is 0 Å². The van der Waals surface area contributed by atoms with Crippen LogP contribution < -0.4 is 5.73 Å². The quantitative estimate of drug-likeness (QED) is 0.779. The molecule has 5 heteroatoms. The summed E-state index contributed by atoms with van der Waals surface area (Å²) < 4.78 is 29.7. The molecule has 0 amide bonds. The summed E-state index contributed by atoms with van der Waals surface area (Å²) >= 11 is 0. The molecule has 1 fully saturated rings. The molecule has 90 valence electrons. The van der Waals surface area contributed by atoms with E-state index in [-0.39, 0.29) is 17.4 Å². The van der Waals surface area contributed by atoms with Crippen LogP contribution in [0.3, 0.4) is 0 Å². The van der Waals surface area contributed by atoms with Crippen molar-refractivity contribution in [2.75, 3.05) is 6.61 Å². The third-order valence-corrected chi connectivity index (χ3v) is 6.17. The van der Waals surface area contributed by atoms with E-state index in [1.165, 1.54) is 0 Å². The molecule has 0 saturated carbocycles. The molecule has 1 aliphatic rings. The average Bonchev–Trinajstić information content (AvgIpc) is 2.62. The van der Waals surface area contributed by atoms with E-state index in [4.69, 9.17) is 10.5 Å². The van der Waals surface area contributed by atoms with Gasteiger partial charge in [0.15, 0.2) is 9.84 Å². The molecule has 15 heavy (non-hydrogen) atoms. The van der Waals surface area contributed by atoms with E-state index in [1.807, 2.05) is 13.8 Å². The highest BCUT2D eigenvalue weighted by molar-refractivity contribution is 7.92. The Morgan fingerprint density at radius 1 is 1.53 bits per heavy atom. The van der Waals surface area contributed by atoms with Crippen LogP contribution in [0.2, 0.25) is 0 Å². The van der Waals surface area contributed by atoms with E-state index >= 15 is 0 Å². The molecule has 1 rings (SSSR count). The summed E-state index contributed by atoms with van der Waals surface area (Å²) in [6.07, 6.45) is 1.09. The summed E-state index contributed by atoms with van der Waals surface area (Å²) in [5.74, 6) is 0. The molecule has 0 aliphatic carbocycles. The fraction of sp³-hybridized carbons (Fsp3) is 1.00. The van der Waals surface area contributed by atoms with Crippen molar-refractivity contribution in [1.82, 2.24) is 0 Å². The molecule has 2 N–H and O–H groups in total. The van der Waals surface area contributed by atoms with E-state index in [2.05, 4.69) is 0 Å². The average molecular weight is 235 g/mol. The van der Waals surface area contributed by atoms with Gasteiger partial charge in [-0.25, -0.2) is 8.42 Å². The molecule has 4 atom stereocenters. The van der Waals surface area contributed by atoms with Crippen LogP contribution in [0.15, 0.2) is 0 Å². The zero-order chi connectivity index (χ0) is 11.6. The normalized spacial score (nSPS) is 31.5. The van der Waals surface area contributed by atoms with Gasteiger partial charge in [-0.1, -0.05) is 6.92 Å². The second-order valence-electron chi connectivity index (χ2n) is 4.27. The van der Waals surface area contributed by atoms with E-state index in [9.17, 15) is 8.42 Å². The van der Waals surface area contributed by atoms with Crippen LogP contribution in [-0.2, 0) is 14.6 Å². The van der Waals surface area contributed by atoms with Crippen molar-refractivity contribution < 1.29 is 13.2 Å². The van der Waals surface area contributed by atoms with Gasteiger partial charge in [0, 0.05) is 12.6 Å². The molecule has 0 aromatic rings. The fourth-order valence-electron chi connectivity index (χ4n) is 1.99. The van der Waals surface area contributed by atoms with Crippen molar-refractivity contribution in [1.29, 1.82) is 0 Å². The summed E-state index contributed by atoms with van der Waals surface area (Å²) in [5.41, 5.74) is 5.80. The van der Waals surface area contributed by atoms with Gasteiger partial charge in [0.2, 0.25) is 0 Å². The van der Waals surface area contributed by atoms with Crippen LogP contribution in [0.5, 0.6) is 0 Å². The Hall–Kier alpha value is -0.130. The molecular weight excluding hydrogens is 214 g/mol. The highest BCUT2D eigenvalue weighted by atomic mass is 32.2. The van der Waals surface area contributed by atoms with Gasteiger partial charge in [-0.15, -0.1) is 0 Å². The number of hydrogen-bond donors (Lipinski definition) is 1. The Kier molecular flexibility index (Phi) is 4.14. The predicted octanol–water partition coefficient (Wildman–Crippen LogP) is 0.704. The van der Waals surface area contributed by atoms with Crippen LogP contribution in [-0.4, -0.2) is 37.7 Å². The molecule has 4 nitrogen and oxygen atoms in total. The minimum atomic E-state index is -3.15. The zero-order valence-electron chi connectivity index (χ0n) is 9.64. The molecule has 1 saturated heterocycles. The molecular formula is C10H21NO3S. The minimum Gasteiger partial charge on any atom is -0.377 e. The molecule has 0 bridgehead atoms. The summed E-state index contributed by atoms with van der Waals surface area (Å²) in [6.45, 7) is 5.97. The van der Waals surface area contributed by atoms with Crippen molar-refractivity contribution in [2.24, 2.45) is 5.73 Å². The third-order valence-electron chi connectivity index (χ3n) is 3.32. The first-order valence-corrected chi connectivity index (χ1v) is 7.12. The minimum absolute atomic E-state index is 0.193. The van der Waals surface area contributed by atoms with Gasteiger partial charge in [-0.05, 0) is 26.7 Å². The van der Waals surface area contributed by atoms with Gasteiger partial charge >= 0.3 is 0 Å². The SMILES string of the molecule is CCC(N)C(C)S(=O)(=O)C1CCOC1C. The summed E-state index contributed by atoms with van der Waals surface area (Å²) in [6, 6.07) is -0.275. The van der Waals surface area contributed by atoms with Gasteiger partial charge in [0.05, 0.1) is 16.6 Å². The smallest absolute Gasteiger partial charge is 0.159 e. The molecule has 0 aromatic carbocycles. The van der Waals surface area contributed by atoms with Crippen LogP contribution in [0.4, 0.5) is 0 Å². The van der Waals surface area contributed by atoms with Gasteiger partial charge in [0.25, 0.3) is 0 Å². The van der Waals surface area contributed by atoms with Gasteiger partial charge in [-0.2, -0.15) is 0 Å². The topological polar surface area (TPSA) is 69.4 Å². The standard InChI is InChI=1S/C10H21NO3S/c1-4-9(11)8(3)15(12,13)10-5-6-14-7(10)2/h7-10H,4-6,11H2,1-3H3. The lowest BCUT2D eigenvalue weighted by molar-refractivity contribution is 0.126.